The van der Waals surface area contributed by atoms with Gasteiger partial charge in [0.2, 0.25) is 0 Å². The molecule has 8 nitrogen and oxygen atoms in total. The van der Waals surface area contributed by atoms with E-state index in [1.165, 1.54) is 6.26 Å². The summed E-state index contributed by atoms with van der Waals surface area (Å²) in [5.74, 6) is -0.282. The number of pyridine rings is 1. The van der Waals surface area contributed by atoms with Crippen LogP contribution in [0.2, 0.25) is 0 Å². The third-order valence-corrected chi connectivity index (χ3v) is 6.08. The Morgan fingerprint density at radius 3 is 2.66 bits per heavy atom. The van der Waals surface area contributed by atoms with E-state index in [2.05, 4.69) is 10.1 Å². The summed E-state index contributed by atoms with van der Waals surface area (Å²) >= 11 is 0. The molecule has 3 aromatic heterocycles. The highest BCUT2D eigenvalue weighted by atomic mass is 16.5. The SMILES string of the molecule is Cc1ccc(C23Cn4c(C)ccc4C(=O)N2CCN3C(=O)c2conc2C)cn1. The van der Waals surface area contributed by atoms with Crippen molar-refractivity contribution in [1.29, 1.82) is 0 Å². The van der Waals surface area contributed by atoms with E-state index in [1.54, 1.807) is 22.9 Å². The van der Waals surface area contributed by atoms with Gasteiger partial charge in [-0.1, -0.05) is 11.2 Å². The molecule has 3 aromatic rings. The maximum absolute atomic E-state index is 13.5. The quantitative estimate of drug-likeness (QED) is 0.669. The Kier molecular flexibility index (Phi) is 3.68. The molecule has 1 fully saturated rings. The first-order valence-electron chi connectivity index (χ1n) is 9.57. The maximum Gasteiger partial charge on any atom is 0.272 e. The molecule has 2 aliphatic rings. The molecule has 0 bridgehead atoms. The highest BCUT2D eigenvalue weighted by molar-refractivity contribution is 5.98. The van der Waals surface area contributed by atoms with Crippen molar-refractivity contribution in [3.8, 4) is 0 Å². The zero-order valence-corrected chi connectivity index (χ0v) is 16.5. The van der Waals surface area contributed by atoms with Crippen molar-refractivity contribution in [2.75, 3.05) is 13.1 Å². The Morgan fingerprint density at radius 2 is 1.97 bits per heavy atom. The average molecular weight is 391 g/mol. The van der Waals surface area contributed by atoms with E-state index in [9.17, 15) is 9.59 Å². The Balaban J connectivity index is 1.72. The number of carbonyl (C=O) groups excluding carboxylic acids is 2. The van der Waals surface area contributed by atoms with Gasteiger partial charge in [0.1, 0.15) is 17.5 Å². The van der Waals surface area contributed by atoms with Crippen LogP contribution in [-0.4, -0.2) is 49.4 Å². The molecule has 0 saturated carbocycles. The molecule has 8 heteroatoms. The fourth-order valence-electron chi connectivity index (χ4n) is 4.50. The van der Waals surface area contributed by atoms with E-state index in [0.717, 1.165) is 17.0 Å². The normalized spacial score (nSPS) is 20.7. The standard InChI is InChI=1S/C21H21N5O3/c1-13-4-6-16(10-22-13)21-12-24-14(2)5-7-18(24)20(28)26(21)9-8-25(21)19(27)17-11-29-23-15(17)3/h4-7,10-11H,8-9,12H2,1-3H3. The average Bonchev–Trinajstić information content (AvgIpc) is 3.40. The van der Waals surface area contributed by atoms with Crippen molar-refractivity contribution in [3.05, 3.63) is 70.6 Å². The molecule has 2 aliphatic heterocycles. The Morgan fingerprint density at radius 1 is 1.14 bits per heavy atom. The maximum atomic E-state index is 13.5. The molecule has 2 amide bonds. The van der Waals surface area contributed by atoms with Gasteiger partial charge in [0.25, 0.3) is 11.8 Å². The number of fused-ring (bicyclic) bond motifs is 2. The number of carbonyl (C=O) groups is 2. The highest BCUT2D eigenvalue weighted by Crippen LogP contribution is 2.43. The van der Waals surface area contributed by atoms with Crippen molar-refractivity contribution in [3.63, 3.8) is 0 Å². The zero-order valence-electron chi connectivity index (χ0n) is 16.5. The van der Waals surface area contributed by atoms with Crippen LogP contribution in [0.1, 0.15) is 43.5 Å². The number of nitrogens with zero attached hydrogens (tertiary/aromatic N) is 5. The second-order valence-electron chi connectivity index (χ2n) is 7.68. The second kappa shape index (κ2) is 6.04. The van der Waals surface area contributed by atoms with Crippen LogP contribution >= 0.6 is 0 Å². The molecule has 0 N–H and O–H groups in total. The Bertz CT molecular complexity index is 1130. The lowest BCUT2D eigenvalue weighted by molar-refractivity contribution is -0.00652. The van der Waals surface area contributed by atoms with Gasteiger partial charge in [0.05, 0.1) is 12.2 Å². The minimum absolute atomic E-state index is 0.0812. The van der Waals surface area contributed by atoms with E-state index in [0.29, 0.717) is 36.6 Å². The van der Waals surface area contributed by atoms with Crippen molar-refractivity contribution < 1.29 is 14.1 Å². The second-order valence-corrected chi connectivity index (χ2v) is 7.68. The Labute approximate surface area is 167 Å². The zero-order chi connectivity index (χ0) is 20.3. The van der Waals surface area contributed by atoms with Gasteiger partial charge in [0.15, 0.2) is 5.66 Å². The lowest BCUT2D eigenvalue weighted by Gasteiger charge is -2.47. The van der Waals surface area contributed by atoms with Gasteiger partial charge in [-0.15, -0.1) is 0 Å². The fourth-order valence-corrected chi connectivity index (χ4v) is 4.50. The van der Waals surface area contributed by atoms with Crippen LogP contribution in [0.5, 0.6) is 0 Å². The monoisotopic (exact) mass is 391 g/mol. The van der Waals surface area contributed by atoms with Crippen LogP contribution < -0.4 is 0 Å². The summed E-state index contributed by atoms with van der Waals surface area (Å²) in [5.41, 5.74) is 3.31. The summed E-state index contributed by atoms with van der Waals surface area (Å²) in [4.78, 5) is 34.9. The van der Waals surface area contributed by atoms with E-state index in [4.69, 9.17) is 4.52 Å². The number of aryl methyl sites for hydroxylation is 3. The van der Waals surface area contributed by atoms with Crippen molar-refractivity contribution in [2.45, 2.75) is 33.0 Å². The highest BCUT2D eigenvalue weighted by Gasteiger charge is 2.56. The van der Waals surface area contributed by atoms with E-state index < -0.39 is 5.66 Å². The summed E-state index contributed by atoms with van der Waals surface area (Å²) < 4.78 is 7.00. The van der Waals surface area contributed by atoms with E-state index in [-0.39, 0.29) is 11.8 Å². The summed E-state index contributed by atoms with van der Waals surface area (Å²) in [6.45, 7) is 6.95. The minimum atomic E-state index is -0.949. The lowest BCUT2D eigenvalue weighted by Crippen LogP contribution is -2.60. The number of amides is 2. The number of aromatic nitrogens is 3. The fraction of sp³-hybridized carbons (Fsp3) is 0.333. The molecule has 0 aromatic carbocycles. The predicted molar refractivity (Wildman–Crippen MR) is 103 cm³/mol. The largest absolute Gasteiger partial charge is 0.364 e. The van der Waals surface area contributed by atoms with Crippen LogP contribution in [-0.2, 0) is 12.2 Å². The van der Waals surface area contributed by atoms with Gasteiger partial charge in [-0.25, -0.2) is 0 Å². The van der Waals surface area contributed by atoms with E-state index >= 15 is 0 Å². The molecule has 0 aliphatic carbocycles. The van der Waals surface area contributed by atoms with Crippen molar-refractivity contribution >= 4 is 11.8 Å². The molecule has 5 rings (SSSR count). The first kappa shape index (κ1) is 17.7. The molecule has 1 saturated heterocycles. The molecule has 5 heterocycles. The number of rotatable bonds is 2. The molecular weight excluding hydrogens is 370 g/mol. The van der Waals surface area contributed by atoms with Crippen LogP contribution in [0, 0.1) is 20.8 Å². The molecular formula is C21H21N5O3. The summed E-state index contributed by atoms with van der Waals surface area (Å²) in [6, 6.07) is 7.66. The smallest absolute Gasteiger partial charge is 0.272 e. The van der Waals surface area contributed by atoms with E-state index in [1.807, 2.05) is 42.7 Å². The number of hydrogen-bond donors (Lipinski definition) is 0. The summed E-state index contributed by atoms with van der Waals surface area (Å²) in [5, 5.41) is 3.86. The van der Waals surface area contributed by atoms with Crippen LogP contribution in [0.4, 0.5) is 0 Å². The molecule has 0 spiro atoms. The van der Waals surface area contributed by atoms with Crippen LogP contribution in [0.25, 0.3) is 0 Å². The van der Waals surface area contributed by atoms with Gasteiger partial charge in [-0.05, 0) is 39.0 Å². The molecule has 29 heavy (non-hydrogen) atoms. The first-order chi connectivity index (χ1) is 13.9. The topological polar surface area (TPSA) is 84.5 Å². The molecule has 0 radical (unpaired) electrons. The van der Waals surface area contributed by atoms with Crippen molar-refractivity contribution in [2.24, 2.45) is 0 Å². The lowest BCUT2D eigenvalue weighted by atomic mass is 9.94. The summed E-state index contributed by atoms with van der Waals surface area (Å²) in [7, 11) is 0. The third kappa shape index (κ3) is 2.31. The first-order valence-corrected chi connectivity index (χ1v) is 9.57. The van der Waals surface area contributed by atoms with Gasteiger partial charge in [-0.3, -0.25) is 14.6 Å². The number of hydrogen-bond acceptors (Lipinski definition) is 5. The van der Waals surface area contributed by atoms with Crippen molar-refractivity contribution in [1.82, 2.24) is 24.5 Å². The van der Waals surface area contributed by atoms with Crippen LogP contribution in [0.3, 0.4) is 0 Å². The van der Waals surface area contributed by atoms with Crippen LogP contribution in [0.15, 0.2) is 41.2 Å². The van der Waals surface area contributed by atoms with Gasteiger partial charge in [-0.2, -0.15) is 0 Å². The van der Waals surface area contributed by atoms with Gasteiger partial charge < -0.3 is 18.9 Å². The molecule has 148 valence electrons. The molecule has 1 unspecified atom stereocenters. The molecule has 1 atom stereocenters. The third-order valence-electron chi connectivity index (χ3n) is 6.08. The predicted octanol–water partition coefficient (Wildman–Crippen LogP) is 2.26. The van der Waals surface area contributed by atoms with Gasteiger partial charge in [0, 0.05) is 36.2 Å². The summed E-state index contributed by atoms with van der Waals surface area (Å²) in [6.07, 6.45) is 3.14. The van der Waals surface area contributed by atoms with Gasteiger partial charge >= 0.3 is 0 Å². The minimum Gasteiger partial charge on any atom is -0.364 e. The Hall–Kier alpha value is -3.42.